The van der Waals surface area contributed by atoms with Crippen LogP contribution >= 0.6 is 0 Å². The number of allylic oxidation sites excluding steroid dienone is 1. The monoisotopic (exact) mass is 795 g/mol. The first-order chi connectivity index (χ1) is 27.2. The summed E-state index contributed by atoms with van der Waals surface area (Å²) < 4.78 is 109. The van der Waals surface area contributed by atoms with Crippen LogP contribution in [0.5, 0.6) is 5.75 Å². The van der Waals surface area contributed by atoms with E-state index < -0.39 is 65.8 Å². The van der Waals surface area contributed by atoms with Crippen LogP contribution in [0.15, 0.2) is 96.6 Å². The Labute approximate surface area is 322 Å². The van der Waals surface area contributed by atoms with Crippen LogP contribution in [-0.2, 0) is 15.7 Å². The lowest BCUT2D eigenvalue weighted by Gasteiger charge is -2.30. The minimum atomic E-state index is -5.00. The van der Waals surface area contributed by atoms with E-state index in [1.165, 1.54) is 37.4 Å². The van der Waals surface area contributed by atoms with Gasteiger partial charge in [0.25, 0.3) is 12.3 Å². The van der Waals surface area contributed by atoms with Gasteiger partial charge in [-0.1, -0.05) is 42.0 Å². The standard InChI is InChI=1S/C42H36F7N3O5/c1-56-34-16-10-22(28-19-23(9-14-32(28)43)37(38(45)46)57-41(55)51-24-5-3-2-4-6-24)18-30(34)39(53)52-36-27-13-12-26(29(27)17-21-7-8-21)35(36)40(54)50-25-11-15-33(44)31(20-25)42(47,48)49/h2-6,9-11,14-21,26-27,35-38H,7-8,12-13H2,1H3,(H,50,54)(H,51,55)(H,52,53)/b29-17-/t26-,27+,35-,36+,37?/m0/s1. The highest BCUT2D eigenvalue weighted by Crippen LogP contribution is 2.54. The molecule has 57 heavy (non-hydrogen) atoms. The van der Waals surface area contributed by atoms with Crippen LogP contribution in [0.1, 0.15) is 53.3 Å². The molecule has 8 nitrogen and oxygen atoms in total. The first kappa shape index (κ1) is 39.4. The van der Waals surface area contributed by atoms with Crippen LogP contribution < -0.4 is 20.7 Å². The maximum atomic E-state index is 15.4. The Morgan fingerprint density at radius 3 is 2.21 bits per heavy atom. The zero-order valence-corrected chi connectivity index (χ0v) is 30.2. The van der Waals surface area contributed by atoms with E-state index in [0.29, 0.717) is 36.6 Å². The Morgan fingerprint density at radius 2 is 1.53 bits per heavy atom. The maximum Gasteiger partial charge on any atom is 0.419 e. The number of hydrogen-bond donors (Lipinski definition) is 3. The molecule has 0 aromatic heterocycles. The Balaban J connectivity index is 1.16. The van der Waals surface area contributed by atoms with Crippen LogP contribution in [0, 0.1) is 35.3 Å². The summed E-state index contributed by atoms with van der Waals surface area (Å²) in [4.78, 5) is 40.6. The zero-order chi connectivity index (χ0) is 40.6. The zero-order valence-electron chi connectivity index (χ0n) is 30.2. The van der Waals surface area contributed by atoms with E-state index in [-0.39, 0.29) is 45.5 Å². The minimum absolute atomic E-state index is 0.0723. The van der Waals surface area contributed by atoms with Crippen molar-refractivity contribution in [3.63, 3.8) is 0 Å². The molecule has 0 heterocycles. The largest absolute Gasteiger partial charge is 0.496 e. The van der Waals surface area contributed by atoms with Gasteiger partial charge in [-0.05, 0) is 103 Å². The van der Waals surface area contributed by atoms with Gasteiger partial charge in [-0.15, -0.1) is 0 Å². The number of amides is 3. The van der Waals surface area contributed by atoms with Crippen molar-refractivity contribution in [2.24, 2.45) is 23.7 Å². The summed E-state index contributed by atoms with van der Waals surface area (Å²) in [6.45, 7) is 0. The Kier molecular flexibility index (Phi) is 11.0. The maximum absolute atomic E-state index is 15.4. The average molecular weight is 796 g/mol. The quantitative estimate of drug-likeness (QED) is 0.104. The smallest absolute Gasteiger partial charge is 0.419 e. The first-order valence-corrected chi connectivity index (χ1v) is 18.2. The summed E-state index contributed by atoms with van der Waals surface area (Å²) >= 11 is 0. The number of anilines is 2. The van der Waals surface area contributed by atoms with Crippen molar-refractivity contribution in [1.82, 2.24) is 5.32 Å². The van der Waals surface area contributed by atoms with E-state index in [4.69, 9.17) is 9.47 Å². The number of para-hydroxylation sites is 1. The molecule has 3 amide bonds. The van der Waals surface area contributed by atoms with Crippen molar-refractivity contribution < 1.29 is 54.6 Å². The van der Waals surface area contributed by atoms with Gasteiger partial charge in [0.05, 0.1) is 24.2 Å². The summed E-state index contributed by atoms with van der Waals surface area (Å²) in [5, 5.41) is 7.82. The van der Waals surface area contributed by atoms with Crippen molar-refractivity contribution in [2.45, 2.75) is 50.4 Å². The molecule has 298 valence electrons. The van der Waals surface area contributed by atoms with Gasteiger partial charge in [-0.3, -0.25) is 14.9 Å². The number of fused-ring (bicyclic) bond motifs is 2. The predicted molar refractivity (Wildman–Crippen MR) is 195 cm³/mol. The SMILES string of the molecule is COc1ccc(-c2cc(C(OC(=O)Nc3ccccc3)C(F)F)ccc2F)cc1C(=O)N[C@H]1[C@@H](C(=O)Nc2ccc(F)c(C(F)(F)F)c2)[C@H]2CC[C@@H]1/C2=C\C1CC1. The number of alkyl halides is 5. The molecule has 3 aliphatic rings. The summed E-state index contributed by atoms with van der Waals surface area (Å²) in [7, 11) is 1.31. The van der Waals surface area contributed by atoms with Gasteiger partial charge >= 0.3 is 12.3 Å². The molecule has 3 N–H and O–H groups in total. The second kappa shape index (κ2) is 15.9. The number of hydrogen-bond acceptors (Lipinski definition) is 5. The molecule has 1 unspecified atom stereocenters. The Morgan fingerprint density at radius 1 is 0.807 bits per heavy atom. The topological polar surface area (TPSA) is 106 Å². The fourth-order valence-corrected chi connectivity index (χ4v) is 7.88. The number of carbonyl (C=O) groups is 3. The number of nitrogens with one attached hydrogen (secondary N) is 3. The predicted octanol–water partition coefficient (Wildman–Crippen LogP) is 9.94. The summed E-state index contributed by atoms with van der Waals surface area (Å²) in [5.41, 5.74) is -0.893. The summed E-state index contributed by atoms with van der Waals surface area (Å²) in [6, 6.07) is 16.6. The van der Waals surface area contributed by atoms with Gasteiger partial charge in [-0.2, -0.15) is 13.2 Å². The molecule has 0 saturated heterocycles. The highest BCUT2D eigenvalue weighted by molar-refractivity contribution is 6.00. The van der Waals surface area contributed by atoms with E-state index in [0.717, 1.165) is 42.7 Å². The lowest BCUT2D eigenvalue weighted by Crippen LogP contribution is -2.48. The third-order valence-corrected chi connectivity index (χ3v) is 10.6. The fraction of sp³-hybridized carbons (Fsp3) is 0.310. The van der Waals surface area contributed by atoms with Crippen LogP contribution in [0.25, 0.3) is 11.1 Å². The third kappa shape index (κ3) is 8.47. The first-order valence-electron chi connectivity index (χ1n) is 18.2. The molecule has 2 bridgehead atoms. The number of rotatable bonds is 11. The molecule has 5 atom stereocenters. The van der Waals surface area contributed by atoms with E-state index in [1.54, 1.807) is 18.2 Å². The van der Waals surface area contributed by atoms with Crippen molar-refractivity contribution in [3.8, 4) is 16.9 Å². The highest BCUT2D eigenvalue weighted by atomic mass is 19.4. The van der Waals surface area contributed by atoms with Gasteiger partial charge in [-0.25, -0.2) is 22.4 Å². The molecule has 3 fully saturated rings. The van der Waals surface area contributed by atoms with Gasteiger partial charge < -0.3 is 20.1 Å². The van der Waals surface area contributed by atoms with Crippen molar-refractivity contribution in [1.29, 1.82) is 0 Å². The van der Waals surface area contributed by atoms with Gasteiger partial charge in [0.15, 0.2) is 6.10 Å². The molecule has 7 rings (SSSR count). The van der Waals surface area contributed by atoms with E-state index in [9.17, 15) is 40.7 Å². The Hall–Kier alpha value is -5.86. The van der Waals surface area contributed by atoms with Crippen LogP contribution in [0.2, 0.25) is 0 Å². The molecular weight excluding hydrogens is 759 g/mol. The number of halogens is 7. The van der Waals surface area contributed by atoms with Crippen molar-refractivity contribution >= 4 is 29.3 Å². The fourth-order valence-electron chi connectivity index (χ4n) is 7.88. The summed E-state index contributed by atoms with van der Waals surface area (Å²) in [5.74, 6) is -4.75. The van der Waals surface area contributed by atoms with Gasteiger partial charge in [0.1, 0.15) is 17.4 Å². The third-order valence-electron chi connectivity index (χ3n) is 10.6. The lowest BCUT2D eigenvalue weighted by molar-refractivity contribution is -0.140. The molecule has 4 aromatic carbocycles. The molecule has 0 radical (unpaired) electrons. The van der Waals surface area contributed by atoms with Crippen molar-refractivity contribution in [3.05, 3.63) is 125 Å². The molecule has 0 aliphatic heterocycles. The van der Waals surface area contributed by atoms with Crippen LogP contribution in [0.3, 0.4) is 0 Å². The number of benzene rings is 4. The van der Waals surface area contributed by atoms with Crippen LogP contribution in [0.4, 0.5) is 46.9 Å². The van der Waals surface area contributed by atoms with E-state index in [2.05, 4.69) is 22.0 Å². The van der Waals surface area contributed by atoms with Gasteiger partial charge in [0, 0.05) is 28.9 Å². The molecule has 4 aromatic rings. The number of carbonyl (C=O) groups excluding carboxylic acids is 3. The molecule has 0 spiro atoms. The average Bonchev–Trinajstić information content (AvgIpc) is 3.86. The highest BCUT2D eigenvalue weighted by Gasteiger charge is 2.55. The number of methoxy groups -OCH3 is 1. The Bertz CT molecular complexity index is 2210. The molecule has 3 aliphatic carbocycles. The molecule has 3 saturated carbocycles. The van der Waals surface area contributed by atoms with Crippen LogP contribution in [-0.4, -0.2) is 37.5 Å². The summed E-state index contributed by atoms with van der Waals surface area (Å²) in [6.07, 6.45) is -6.12. The number of ether oxygens (including phenoxy) is 2. The second-order valence-electron chi connectivity index (χ2n) is 14.3. The van der Waals surface area contributed by atoms with Gasteiger partial charge in [0.2, 0.25) is 5.91 Å². The second-order valence-corrected chi connectivity index (χ2v) is 14.3. The van der Waals surface area contributed by atoms with Crippen molar-refractivity contribution in [2.75, 3.05) is 17.7 Å². The lowest BCUT2D eigenvalue weighted by atomic mass is 9.83. The molecule has 15 heteroatoms. The molecular formula is C42H36F7N3O5. The minimum Gasteiger partial charge on any atom is -0.496 e. The van der Waals surface area contributed by atoms with E-state index in [1.807, 2.05) is 0 Å². The van der Waals surface area contributed by atoms with E-state index >= 15 is 4.39 Å². The normalized spacial score (nSPS) is 21.3.